The lowest BCUT2D eigenvalue weighted by atomic mass is 9.86. The molecule has 4 heteroatoms. The molecule has 1 aromatic heterocycles. The highest BCUT2D eigenvalue weighted by Gasteiger charge is 2.27. The van der Waals surface area contributed by atoms with Crippen molar-refractivity contribution in [2.75, 3.05) is 6.54 Å². The molecule has 1 atom stereocenters. The van der Waals surface area contributed by atoms with Gasteiger partial charge in [0.1, 0.15) is 5.69 Å². The minimum absolute atomic E-state index is 0.213. The average Bonchev–Trinajstić information content (AvgIpc) is 2.48. The Balaban J connectivity index is 2.26. The lowest BCUT2D eigenvalue weighted by Crippen LogP contribution is -2.23. The Morgan fingerprint density at radius 3 is 3.14 bits per heavy atom. The van der Waals surface area contributed by atoms with Crippen LogP contribution in [0, 0.1) is 5.92 Å². The third-order valence-electron chi connectivity index (χ3n) is 2.81. The normalized spacial score (nSPS) is 21.0. The number of ketones is 1. The van der Waals surface area contributed by atoms with Crippen LogP contribution >= 0.6 is 0 Å². The summed E-state index contributed by atoms with van der Waals surface area (Å²) in [6, 6.07) is 0. The Hall–Kier alpha value is -1.16. The molecular weight excluding hydrogens is 178 g/mol. The van der Waals surface area contributed by atoms with Crippen molar-refractivity contribution in [2.45, 2.75) is 19.3 Å². The van der Waals surface area contributed by atoms with Crippen molar-refractivity contribution in [2.24, 2.45) is 18.7 Å². The van der Waals surface area contributed by atoms with Crippen molar-refractivity contribution < 1.29 is 4.79 Å². The molecule has 14 heavy (non-hydrogen) atoms. The Bertz CT molecular complexity index is 356. The largest absolute Gasteiger partial charge is 0.331 e. The van der Waals surface area contributed by atoms with Crippen LogP contribution in [-0.2, 0) is 13.5 Å². The molecule has 0 aliphatic heterocycles. The molecule has 0 fully saturated rings. The van der Waals surface area contributed by atoms with Gasteiger partial charge >= 0.3 is 0 Å². The number of aromatic nitrogens is 2. The Kier molecular flexibility index (Phi) is 2.37. The van der Waals surface area contributed by atoms with Crippen LogP contribution in [0.5, 0.6) is 0 Å². The van der Waals surface area contributed by atoms with Crippen LogP contribution in [0.25, 0.3) is 0 Å². The highest BCUT2D eigenvalue weighted by molar-refractivity contribution is 5.96. The van der Waals surface area contributed by atoms with Gasteiger partial charge in [0.15, 0.2) is 5.78 Å². The van der Waals surface area contributed by atoms with Crippen molar-refractivity contribution in [3.63, 3.8) is 0 Å². The number of carbonyl (C=O) groups excluding carboxylic acids is 1. The summed E-state index contributed by atoms with van der Waals surface area (Å²) in [4.78, 5) is 16.0. The van der Waals surface area contributed by atoms with Gasteiger partial charge in [0.2, 0.25) is 0 Å². The maximum absolute atomic E-state index is 11.8. The third-order valence-corrected chi connectivity index (χ3v) is 2.81. The van der Waals surface area contributed by atoms with Gasteiger partial charge in [0.05, 0.1) is 12.0 Å². The van der Waals surface area contributed by atoms with Crippen LogP contribution in [0.1, 0.15) is 29.0 Å². The molecule has 1 aliphatic carbocycles. The van der Waals surface area contributed by atoms with Gasteiger partial charge in [-0.3, -0.25) is 4.79 Å². The molecule has 0 saturated carbocycles. The van der Waals surface area contributed by atoms with E-state index in [1.54, 1.807) is 6.33 Å². The summed E-state index contributed by atoms with van der Waals surface area (Å²) >= 11 is 0. The highest BCUT2D eigenvalue weighted by Crippen LogP contribution is 2.25. The zero-order valence-corrected chi connectivity index (χ0v) is 8.36. The number of imidazole rings is 1. The van der Waals surface area contributed by atoms with Crippen molar-refractivity contribution in [1.29, 1.82) is 0 Å². The number of Topliss-reactive ketones (excluding diaryl/α,β-unsaturated/α-hetero) is 1. The molecule has 1 unspecified atom stereocenters. The molecule has 2 N–H and O–H groups in total. The van der Waals surface area contributed by atoms with Crippen LogP contribution in [0.4, 0.5) is 0 Å². The van der Waals surface area contributed by atoms with E-state index in [-0.39, 0.29) is 5.78 Å². The maximum Gasteiger partial charge on any atom is 0.181 e. The first-order valence-corrected chi connectivity index (χ1v) is 4.96. The maximum atomic E-state index is 11.8. The predicted molar refractivity (Wildman–Crippen MR) is 53.0 cm³/mol. The summed E-state index contributed by atoms with van der Waals surface area (Å²) in [5.41, 5.74) is 7.23. The molecule has 76 valence electrons. The molecule has 0 bridgehead atoms. The fraction of sp³-hybridized carbons (Fsp3) is 0.600. The minimum atomic E-state index is 0.213. The monoisotopic (exact) mass is 193 g/mol. The van der Waals surface area contributed by atoms with E-state index in [0.29, 0.717) is 18.9 Å². The molecule has 4 nitrogen and oxygen atoms in total. The number of carbonyl (C=O) groups is 1. The fourth-order valence-corrected chi connectivity index (χ4v) is 2.13. The van der Waals surface area contributed by atoms with Crippen molar-refractivity contribution in [1.82, 2.24) is 9.55 Å². The van der Waals surface area contributed by atoms with E-state index >= 15 is 0 Å². The Labute approximate surface area is 83.1 Å². The summed E-state index contributed by atoms with van der Waals surface area (Å²) in [7, 11) is 1.87. The van der Waals surface area contributed by atoms with E-state index in [2.05, 4.69) is 4.98 Å². The summed E-state index contributed by atoms with van der Waals surface area (Å²) in [6.45, 7) is 0.653. The number of hydrogen-bond donors (Lipinski definition) is 1. The van der Waals surface area contributed by atoms with Gasteiger partial charge in [-0.1, -0.05) is 0 Å². The van der Waals surface area contributed by atoms with Gasteiger partial charge in [-0.05, 0) is 25.3 Å². The summed E-state index contributed by atoms with van der Waals surface area (Å²) < 4.78 is 1.82. The second-order valence-electron chi connectivity index (χ2n) is 3.93. The number of rotatable bonds is 2. The van der Waals surface area contributed by atoms with E-state index in [4.69, 9.17) is 5.73 Å². The lowest BCUT2D eigenvalue weighted by Gasteiger charge is -2.20. The topological polar surface area (TPSA) is 60.9 Å². The van der Waals surface area contributed by atoms with Gasteiger partial charge in [-0.15, -0.1) is 0 Å². The Morgan fingerprint density at radius 2 is 2.43 bits per heavy atom. The number of fused-ring (bicyclic) bond motifs is 1. The van der Waals surface area contributed by atoms with Gasteiger partial charge in [0, 0.05) is 13.5 Å². The third kappa shape index (κ3) is 1.46. The summed E-state index contributed by atoms with van der Waals surface area (Å²) in [5.74, 6) is 0.611. The van der Waals surface area contributed by atoms with Crippen molar-refractivity contribution in [3.8, 4) is 0 Å². The number of nitrogens with zero attached hydrogens (tertiary/aromatic N) is 2. The molecular formula is C10H15N3O. The highest BCUT2D eigenvalue weighted by atomic mass is 16.1. The van der Waals surface area contributed by atoms with Crippen molar-refractivity contribution >= 4 is 5.78 Å². The summed E-state index contributed by atoms with van der Waals surface area (Å²) in [5, 5.41) is 0. The average molecular weight is 193 g/mol. The van der Waals surface area contributed by atoms with Crippen LogP contribution in [0.15, 0.2) is 6.33 Å². The molecule has 0 aromatic carbocycles. The molecule has 1 heterocycles. The predicted octanol–water partition coefficient (Wildman–Crippen LogP) is 0.514. The number of hydrogen-bond acceptors (Lipinski definition) is 3. The summed E-state index contributed by atoms with van der Waals surface area (Å²) in [6.07, 6.45) is 4.16. The van der Waals surface area contributed by atoms with Gasteiger partial charge in [-0.25, -0.2) is 4.98 Å². The number of nitrogens with two attached hydrogens (primary N) is 1. The van der Waals surface area contributed by atoms with Crippen LogP contribution in [0.3, 0.4) is 0 Å². The van der Waals surface area contributed by atoms with Gasteiger partial charge < -0.3 is 10.3 Å². The van der Waals surface area contributed by atoms with E-state index in [1.165, 1.54) is 0 Å². The minimum Gasteiger partial charge on any atom is -0.331 e. The first-order chi connectivity index (χ1) is 6.72. The van der Waals surface area contributed by atoms with E-state index in [9.17, 15) is 4.79 Å². The van der Waals surface area contributed by atoms with Gasteiger partial charge in [0.25, 0.3) is 0 Å². The van der Waals surface area contributed by atoms with Crippen LogP contribution < -0.4 is 5.73 Å². The second-order valence-corrected chi connectivity index (χ2v) is 3.93. The van der Waals surface area contributed by atoms with Crippen LogP contribution in [-0.4, -0.2) is 21.9 Å². The molecule has 1 aliphatic rings. The molecule has 0 saturated heterocycles. The molecule has 0 spiro atoms. The molecule has 2 rings (SSSR count). The Morgan fingerprint density at radius 1 is 1.64 bits per heavy atom. The van der Waals surface area contributed by atoms with E-state index < -0.39 is 0 Å². The first kappa shape index (κ1) is 9.40. The second kappa shape index (κ2) is 3.53. The van der Waals surface area contributed by atoms with E-state index in [0.717, 1.165) is 24.2 Å². The molecule has 1 aromatic rings. The zero-order valence-electron chi connectivity index (χ0n) is 8.36. The lowest BCUT2D eigenvalue weighted by molar-refractivity contribution is 0.0938. The molecule has 0 radical (unpaired) electrons. The first-order valence-electron chi connectivity index (χ1n) is 4.96. The zero-order chi connectivity index (χ0) is 10.1. The van der Waals surface area contributed by atoms with Crippen LogP contribution in [0.2, 0.25) is 0 Å². The number of aryl methyl sites for hydroxylation is 1. The van der Waals surface area contributed by atoms with Gasteiger partial charge in [-0.2, -0.15) is 0 Å². The SMILES string of the molecule is Cn1cnc2c1C(=O)CC(CCN)C2. The molecule has 0 amide bonds. The van der Waals surface area contributed by atoms with E-state index in [1.807, 2.05) is 11.6 Å². The smallest absolute Gasteiger partial charge is 0.181 e. The van der Waals surface area contributed by atoms with Crippen molar-refractivity contribution in [3.05, 3.63) is 17.7 Å². The quantitative estimate of drug-likeness (QED) is 0.744. The standard InChI is InChI=1S/C10H15N3O/c1-13-6-12-8-4-7(2-3-11)5-9(14)10(8)13/h6-7H,2-5,11H2,1H3. The fourth-order valence-electron chi connectivity index (χ4n) is 2.13.